The van der Waals surface area contributed by atoms with Crippen molar-refractivity contribution >= 4 is 11.8 Å². The normalized spacial score (nSPS) is 19.0. The second-order valence-electron chi connectivity index (χ2n) is 1.83. The van der Waals surface area contributed by atoms with Gasteiger partial charge in [0.05, 0.1) is 0 Å². The summed E-state index contributed by atoms with van der Waals surface area (Å²) in [5, 5.41) is 8.16. The van der Waals surface area contributed by atoms with Crippen LogP contribution in [0, 0.1) is 5.92 Å². The average molecular weight is 133 g/mol. The fraction of sp³-hybridized carbons (Fsp3) is 0.667. The number of carboxylic acids is 1. The van der Waals surface area contributed by atoms with Gasteiger partial charge >= 0.3 is 5.97 Å². The summed E-state index contributed by atoms with van der Waals surface area (Å²) in [7, 11) is 0. The lowest BCUT2D eigenvalue weighted by Crippen LogP contribution is -2.14. The zero-order chi connectivity index (χ0) is 9.94. The van der Waals surface area contributed by atoms with Crippen LogP contribution in [0.1, 0.15) is 24.3 Å². The minimum absolute atomic E-state index is 0.439. The van der Waals surface area contributed by atoms with Gasteiger partial charge < -0.3 is 5.11 Å². The van der Waals surface area contributed by atoms with E-state index in [9.17, 15) is 9.59 Å². The third-order valence-corrected chi connectivity index (χ3v) is 0.730. The van der Waals surface area contributed by atoms with E-state index < -0.39 is 30.9 Å². The van der Waals surface area contributed by atoms with E-state index in [2.05, 4.69) is 0 Å². The van der Waals surface area contributed by atoms with E-state index >= 15 is 0 Å². The Balaban J connectivity index is 4.11. The Hall–Kier alpha value is -0.860. The molecule has 1 unspecified atom stereocenters. The van der Waals surface area contributed by atoms with E-state index in [1.165, 1.54) is 6.92 Å². The molecule has 0 bridgehead atoms. The molecule has 0 amide bonds. The van der Waals surface area contributed by atoms with Gasteiger partial charge in [0, 0.05) is 10.5 Å². The number of ketones is 1. The number of hydrogen-bond acceptors (Lipinski definition) is 2. The van der Waals surface area contributed by atoms with Crippen LogP contribution < -0.4 is 0 Å². The smallest absolute Gasteiger partial charge is 0.372 e. The lowest BCUT2D eigenvalue weighted by Gasteiger charge is -1.97. The number of Topliss-reactive ketones (excluding diaryl/α,β-unsaturated/α-hetero) is 1. The van der Waals surface area contributed by atoms with Crippen LogP contribution in [0.2, 0.25) is 0 Å². The highest BCUT2D eigenvalue weighted by atomic mass is 16.4. The number of hydrogen-bond donors (Lipinski definition) is 1. The van der Waals surface area contributed by atoms with Gasteiger partial charge in [-0.2, -0.15) is 0 Å². The fourth-order valence-corrected chi connectivity index (χ4v) is 0.365. The Kier molecular flexibility index (Phi) is 1.44. The molecule has 0 saturated heterocycles. The van der Waals surface area contributed by atoms with Crippen molar-refractivity contribution in [3.05, 3.63) is 0 Å². The molecule has 0 fully saturated rings. The molecule has 0 aromatic heterocycles. The molecule has 0 aromatic carbocycles. The van der Waals surface area contributed by atoms with Crippen molar-refractivity contribution < 1.29 is 18.8 Å². The molecule has 0 aromatic rings. The summed E-state index contributed by atoms with van der Waals surface area (Å²) in [6, 6.07) is 0. The molecule has 3 heteroatoms. The monoisotopic (exact) mass is 133 g/mol. The highest BCUT2D eigenvalue weighted by molar-refractivity contribution is 6.32. The lowest BCUT2D eigenvalue weighted by molar-refractivity contribution is -0.149. The van der Waals surface area contributed by atoms with E-state index in [0.717, 1.165) is 0 Å². The van der Waals surface area contributed by atoms with Crippen molar-refractivity contribution in [1.82, 2.24) is 0 Å². The molecular formula is C6H10O3. The van der Waals surface area contributed by atoms with Crippen molar-refractivity contribution in [3.8, 4) is 0 Å². The maximum atomic E-state index is 10.6. The van der Waals surface area contributed by atoms with E-state index in [4.69, 9.17) is 9.22 Å². The molecule has 0 aliphatic heterocycles. The molecule has 1 atom stereocenters. The van der Waals surface area contributed by atoms with Crippen molar-refractivity contribution in [3.63, 3.8) is 0 Å². The average Bonchev–Trinajstić information content (AvgIpc) is 1.85. The van der Waals surface area contributed by atoms with Crippen LogP contribution in [0.5, 0.6) is 0 Å². The van der Waals surface area contributed by atoms with Gasteiger partial charge in [-0.3, -0.25) is 4.79 Å². The molecule has 52 valence electrons. The Morgan fingerprint density at radius 1 is 1.78 bits per heavy atom. The molecule has 0 heterocycles. The highest BCUT2D eigenvalue weighted by Gasteiger charge is 2.11. The number of carbonyl (C=O) groups excluding carboxylic acids is 1. The van der Waals surface area contributed by atoms with Crippen LogP contribution >= 0.6 is 0 Å². The van der Waals surface area contributed by atoms with Crippen LogP contribution in [0.3, 0.4) is 0 Å². The van der Waals surface area contributed by atoms with E-state index in [1.54, 1.807) is 0 Å². The van der Waals surface area contributed by atoms with Gasteiger partial charge in [-0.25, -0.2) is 4.79 Å². The van der Waals surface area contributed by atoms with E-state index in [1.807, 2.05) is 0 Å². The number of carboxylic acid groups (broad SMARTS) is 1. The Morgan fingerprint density at radius 3 is 2.67 bits per heavy atom. The minimum atomic E-state index is -2.26. The van der Waals surface area contributed by atoms with Gasteiger partial charge in [0.2, 0.25) is 5.78 Å². The predicted octanol–water partition coefficient (Wildman–Crippen LogP) is 0.686. The maximum absolute atomic E-state index is 10.6. The summed E-state index contributed by atoms with van der Waals surface area (Å²) in [6.07, 6.45) is -0.439. The molecule has 9 heavy (non-hydrogen) atoms. The topological polar surface area (TPSA) is 54.4 Å². The summed E-state index contributed by atoms with van der Waals surface area (Å²) < 4.78 is 20.6. The second kappa shape index (κ2) is 3.22. The van der Waals surface area contributed by atoms with Crippen LogP contribution in [-0.2, 0) is 9.59 Å². The Labute approximate surface area is 57.9 Å². The van der Waals surface area contributed by atoms with Gasteiger partial charge in [0.25, 0.3) is 0 Å². The molecule has 0 saturated carbocycles. The first-order valence-electron chi connectivity index (χ1n) is 4.01. The number of rotatable bonds is 3. The molecule has 0 spiro atoms. The summed E-state index contributed by atoms with van der Waals surface area (Å²) in [5.74, 6) is -3.54. The molecule has 0 aliphatic carbocycles. The highest BCUT2D eigenvalue weighted by Crippen LogP contribution is 1.99. The first-order chi connectivity index (χ1) is 5.25. The zero-order valence-electron chi connectivity index (χ0n) is 8.05. The summed E-state index contributed by atoms with van der Waals surface area (Å²) in [4.78, 5) is 20.6. The lowest BCUT2D eigenvalue weighted by atomic mass is 10.1. The van der Waals surface area contributed by atoms with Crippen molar-refractivity contribution in [2.75, 3.05) is 0 Å². The summed E-state index contributed by atoms with van der Waals surface area (Å²) >= 11 is 0. The minimum Gasteiger partial charge on any atom is -0.476 e. The zero-order valence-corrected chi connectivity index (χ0v) is 5.05. The van der Waals surface area contributed by atoms with Gasteiger partial charge in [0.1, 0.15) is 0 Å². The number of aliphatic carboxylic acids is 1. The SMILES string of the molecule is [2H]C([2H])([2H])C(C)CC(=O)C(=O)O. The van der Waals surface area contributed by atoms with Crippen molar-refractivity contribution in [2.45, 2.75) is 20.2 Å². The molecule has 1 N–H and O–H groups in total. The predicted molar refractivity (Wildman–Crippen MR) is 32.1 cm³/mol. The fourth-order valence-electron chi connectivity index (χ4n) is 0.365. The Bertz CT molecular complexity index is 197. The largest absolute Gasteiger partial charge is 0.476 e. The molecule has 0 aliphatic rings. The quantitative estimate of drug-likeness (QED) is 0.576. The van der Waals surface area contributed by atoms with Crippen molar-refractivity contribution in [2.24, 2.45) is 5.92 Å². The third-order valence-electron chi connectivity index (χ3n) is 0.730. The first kappa shape index (κ1) is 4.04. The van der Waals surface area contributed by atoms with Crippen molar-refractivity contribution in [1.29, 1.82) is 0 Å². The van der Waals surface area contributed by atoms with Gasteiger partial charge in [-0.1, -0.05) is 13.8 Å². The molecular weight excluding hydrogens is 120 g/mol. The van der Waals surface area contributed by atoms with Gasteiger partial charge in [-0.05, 0) is 5.92 Å². The van der Waals surface area contributed by atoms with Crippen LogP contribution in [0.25, 0.3) is 0 Å². The summed E-state index contributed by atoms with van der Waals surface area (Å²) in [6.45, 7) is -0.932. The number of carbonyl (C=O) groups is 2. The Morgan fingerprint density at radius 2 is 2.33 bits per heavy atom. The van der Waals surface area contributed by atoms with Crippen LogP contribution in [0.15, 0.2) is 0 Å². The van der Waals surface area contributed by atoms with Gasteiger partial charge in [0.15, 0.2) is 0 Å². The van der Waals surface area contributed by atoms with E-state index in [-0.39, 0.29) is 0 Å². The summed E-state index contributed by atoms with van der Waals surface area (Å²) in [5.41, 5.74) is 0. The van der Waals surface area contributed by atoms with E-state index in [0.29, 0.717) is 0 Å². The van der Waals surface area contributed by atoms with Crippen LogP contribution in [0.4, 0.5) is 0 Å². The van der Waals surface area contributed by atoms with Crippen LogP contribution in [-0.4, -0.2) is 16.9 Å². The molecule has 0 radical (unpaired) electrons. The third kappa shape index (κ3) is 3.70. The molecule has 0 rings (SSSR count). The maximum Gasteiger partial charge on any atom is 0.372 e. The van der Waals surface area contributed by atoms with Gasteiger partial charge in [-0.15, -0.1) is 0 Å². The first-order valence-corrected chi connectivity index (χ1v) is 2.51. The molecule has 3 nitrogen and oxygen atoms in total. The second-order valence-corrected chi connectivity index (χ2v) is 1.83. The standard InChI is InChI=1S/C6H10O3/c1-4(2)3-5(7)6(8)9/h4H,3H2,1-2H3,(H,8,9)/i1D3.